The highest BCUT2D eigenvalue weighted by molar-refractivity contribution is 7.09. The van der Waals surface area contributed by atoms with Crippen LogP contribution in [0.5, 0.6) is 0 Å². The van der Waals surface area contributed by atoms with Gasteiger partial charge in [-0.15, -0.1) is 11.3 Å². The first-order valence-corrected chi connectivity index (χ1v) is 7.16. The molecule has 1 aromatic carbocycles. The van der Waals surface area contributed by atoms with Gasteiger partial charge in [-0.05, 0) is 25.1 Å². The lowest BCUT2D eigenvalue weighted by atomic mass is 10.2. The molecule has 5 nitrogen and oxygen atoms in total. The first-order chi connectivity index (χ1) is 9.61. The standard InChI is InChI=1S/C13H11ClN4OS/c1-7-16-9(6-20-7)5-12-17-13(19-18-12)10-3-2-8(14)4-11(10)15/h2-4,6H,5,15H2,1H3. The molecule has 0 saturated heterocycles. The Bertz CT molecular complexity index is 752. The van der Waals surface area contributed by atoms with Gasteiger partial charge in [0.2, 0.25) is 0 Å². The van der Waals surface area contributed by atoms with Crippen molar-refractivity contribution in [3.05, 3.63) is 45.1 Å². The number of nitrogen functional groups attached to an aromatic ring is 1. The predicted octanol–water partition coefficient (Wildman–Crippen LogP) is 3.33. The first kappa shape index (κ1) is 13.1. The average molecular weight is 307 g/mol. The van der Waals surface area contributed by atoms with Crippen LogP contribution in [0, 0.1) is 6.92 Å². The van der Waals surface area contributed by atoms with Gasteiger partial charge in [0, 0.05) is 16.1 Å². The molecule has 0 aliphatic rings. The molecule has 0 radical (unpaired) electrons. The zero-order valence-electron chi connectivity index (χ0n) is 10.6. The Kier molecular flexibility index (Phi) is 3.42. The number of benzene rings is 1. The Balaban J connectivity index is 1.86. The zero-order chi connectivity index (χ0) is 14.1. The van der Waals surface area contributed by atoms with Gasteiger partial charge in [-0.25, -0.2) is 4.98 Å². The molecule has 2 aromatic heterocycles. The van der Waals surface area contributed by atoms with Crippen LogP contribution in [0.4, 0.5) is 5.69 Å². The molecule has 3 rings (SSSR count). The molecule has 0 aliphatic carbocycles. The van der Waals surface area contributed by atoms with Gasteiger partial charge >= 0.3 is 0 Å². The summed E-state index contributed by atoms with van der Waals surface area (Å²) >= 11 is 7.46. The molecule has 2 N–H and O–H groups in total. The summed E-state index contributed by atoms with van der Waals surface area (Å²) in [5.74, 6) is 0.973. The Morgan fingerprint density at radius 3 is 2.90 bits per heavy atom. The van der Waals surface area contributed by atoms with Gasteiger partial charge in [-0.2, -0.15) is 4.98 Å². The van der Waals surface area contributed by atoms with Crippen LogP contribution >= 0.6 is 22.9 Å². The minimum atomic E-state index is 0.390. The number of aryl methyl sites for hydroxylation is 1. The van der Waals surface area contributed by atoms with Crippen molar-refractivity contribution in [1.29, 1.82) is 0 Å². The molecule has 2 heterocycles. The fraction of sp³-hybridized carbons (Fsp3) is 0.154. The summed E-state index contributed by atoms with van der Waals surface area (Å²) in [4.78, 5) is 8.71. The van der Waals surface area contributed by atoms with E-state index in [0.717, 1.165) is 10.7 Å². The molecular weight excluding hydrogens is 296 g/mol. The number of thiazole rings is 1. The summed E-state index contributed by atoms with van der Waals surface area (Å²) in [5, 5.41) is 7.53. The normalized spacial score (nSPS) is 10.9. The van der Waals surface area contributed by atoms with Crippen LogP contribution in [-0.2, 0) is 6.42 Å². The molecule has 102 valence electrons. The summed E-state index contributed by atoms with van der Waals surface area (Å²) in [5.41, 5.74) is 8.02. The summed E-state index contributed by atoms with van der Waals surface area (Å²) in [6.07, 6.45) is 0.543. The van der Waals surface area contributed by atoms with E-state index < -0.39 is 0 Å². The number of aromatic nitrogens is 3. The highest BCUT2D eigenvalue weighted by Gasteiger charge is 2.13. The Morgan fingerprint density at radius 1 is 1.35 bits per heavy atom. The van der Waals surface area contributed by atoms with Gasteiger partial charge in [0.25, 0.3) is 5.89 Å². The van der Waals surface area contributed by atoms with Crippen molar-refractivity contribution in [1.82, 2.24) is 15.1 Å². The van der Waals surface area contributed by atoms with Crippen molar-refractivity contribution < 1.29 is 4.52 Å². The van der Waals surface area contributed by atoms with Crippen LogP contribution in [0.3, 0.4) is 0 Å². The van der Waals surface area contributed by atoms with Gasteiger partial charge in [0.05, 0.1) is 22.7 Å². The predicted molar refractivity (Wildman–Crippen MR) is 78.8 cm³/mol. The second-order valence-corrected chi connectivity index (χ2v) is 5.78. The number of nitrogens with two attached hydrogens (primary N) is 1. The first-order valence-electron chi connectivity index (χ1n) is 5.91. The zero-order valence-corrected chi connectivity index (χ0v) is 12.2. The third-order valence-corrected chi connectivity index (χ3v) is 3.78. The third kappa shape index (κ3) is 2.66. The minimum Gasteiger partial charge on any atom is -0.398 e. The molecule has 0 unspecified atom stereocenters. The summed E-state index contributed by atoms with van der Waals surface area (Å²) in [6, 6.07) is 5.16. The maximum absolute atomic E-state index is 5.90. The minimum absolute atomic E-state index is 0.390. The maximum Gasteiger partial charge on any atom is 0.260 e. The summed E-state index contributed by atoms with van der Waals surface area (Å²) in [6.45, 7) is 1.96. The van der Waals surface area contributed by atoms with E-state index in [1.165, 1.54) is 0 Å². The van der Waals surface area contributed by atoms with E-state index in [2.05, 4.69) is 15.1 Å². The highest BCUT2D eigenvalue weighted by atomic mass is 35.5. The molecule has 0 saturated carbocycles. The highest BCUT2D eigenvalue weighted by Crippen LogP contribution is 2.27. The lowest BCUT2D eigenvalue weighted by Crippen LogP contribution is -1.92. The monoisotopic (exact) mass is 306 g/mol. The second kappa shape index (κ2) is 5.22. The van der Waals surface area contributed by atoms with Gasteiger partial charge < -0.3 is 10.3 Å². The number of nitrogens with zero attached hydrogens (tertiary/aromatic N) is 3. The van der Waals surface area contributed by atoms with Crippen LogP contribution in [0.1, 0.15) is 16.5 Å². The van der Waals surface area contributed by atoms with Crippen molar-refractivity contribution in [2.24, 2.45) is 0 Å². The smallest absolute Gasteiger partial charge is 0.260 e. The number of rotatable bonds is 3. The fourth-order valence-corrected chi connectivity index (χ4v) is 2.61. The lowest BCUT2D eigenvalue weighted by molar-refractivity contribution is 0.424. The van der Waals surface area contributed by atoms with E-state index >= 15 is 0 Å². The van der Waals surface area contributed by atoms with E-state index in [1.807, 2.05) is 12.3 Å². The molecule has 0 fully saturated rings. The molecule has 0 spiro atoms. The van der Waals surface area contributed by atoms with Crippen LogP contribution in [0.2, 0.25) is 5.02 Å². The maximum atomic E-state index is 5.90. The Labute approximate surface area is 124 Å². The number of anilines is 1. The molecular formula is C13H11ClN4OS. The summed E-state index contributed by atoms with van der Waals surface area (Å²) in [7, 11) is 0. The van der Waals surface area contributed by atoms with Crippen molar-refractivity contribution in [3.63, 3.8) is 0 Å². The number of hydrogen-bond acceptors (Lipinski definition) is 6. The number of hydrogen-bond donors (Lipinski definition) is 1. The quantitative estimate of drug-likeness (QED) is 0.751. The van der Waals surface area contributed by atoms with Crippen molar-refractivity contribution in [2.75, 3.05) is 5.73 Å². The SMILES string of the molecule is Cc1nc(Cc2noc(-c3ccc(Cl)cc3N)n2)cs1. The topological polar surface area (TPSA) is 77.8 Å². The van der Waals surface area contributed by atoms with Crippen molar-refractivity contribution in [3.8, 4) is 11.5 Å². The van der Waals surface area contributed by atoms with Crippen molar-refractivity contribution in [2.45, 2.75) is 13.3 Å². The van der Waals surface area contributed by atoms with Gasteiger partial charge in [-0.1, -0.05) is 16.8 Å². The molecule has 0 aliphatic heterocycles. The van der Waals surface area contributed by atoms with Crippen molar-refractivity contribution >= 4 is 28.6 Å². The third-order valence-electron chi connectivity index (χ3n) is 2.72. The summed E-state index contributed by atoms with van der Waals surface area (Å²) < 4.78 is 5.24. The lowest BCUT2D eigenvalue weighted by Gasteiger charge is -1.99. The van der Waals surface area contributed by atoms with Gasteiger partial charge in [-0.3, -0.25) is 0 Å². The van der Waals surface area contributed by atoms with Crippen LogP contribution < -0.4 is 5.73 Å². The van der Waals surface area contributed by atoms with E-state index in [-0.39, 0.29) is 0 Å². The van der Waals surface area contributed by atoms with Crippen LogP contribution in [0.25, 0.3) is 11.5 Å². The fourth-order valence-electron chi connectivity index (χ4n) is 1.81. The van der Waals surface area contributed by atoms with E-state index in [1.54, 1.807) is 29.5 Å². The van der Waals surface area contributed by atoms with Crippen LogP contribution in [-0.4, -0.2) is 15.1 Å². The largest absolute Gasteiger partial charge is 0.398 e. The molecule has 0 bridgehead atoms. The molecule has 20 heavy (non-hydrogen) atoms. The van der Waals surface area contributed by atoms with E-state index in [0.29, 0.717) is 34.4 Å². The number of halogens is 1. The molecule has 0 amide bonds. The average Bonchev–Trinajstić information content (AvgIpc) is 2.99. The van der Waals surface area contributed by atoms with Crippen LogP contribution in [0.15, 0.2) is 28.1 Å². The molecule has 0 atom stereocenters. The molecule has 3 aromatic rings. The van der Waals surface area contributed by atoms with E-state index in [9.17, 15) is 0 Å². The van der Waals surface area contributed by atoms with E-state index in [4.69, 9.17) is 21.9 Å². The van der Waals surface area contributed by atoms with Gasteiger partial charge in [0.1, 0.15) is 0 Å². The Hall–Kier alpha value is -1.92. The van der Waals surface area contributed by atoms with Gasteiger partial charge in [0.15, 0.2) is 5.82 Å². The molecule has 7 heteroatoms. The Morgan fingerprint density at radius 2 is 2.20 bits per heavy atom. The second-order valence-electron chi connectivity index (χ2n) is 4.28.